The van der Waals surface area contributed by atoms with Gasteiger partial charge in [0.2, 0.25) is 5.95 Å². The minimum absolute atomic E-state index is 0.247. The van der Waals surface area contributed by atoms with Gasteiger partial charge in [-0.1, -0.05) is 6.07 Å². The Bertz CT molecular complexity index is 991. The van der Waals surface area contributed by atoms with Crippen LogP contribution in [0.15, 0.2) is 48.8 Å². The quantitative estimate of drug-likeness (QED) is 0.699. The molecule has 2 aliphatic heterocycles. The zero-order valence-corrected chi connectivity index (χ0v) is 15.4. The summed E-state index contributed by atoms with van der Waals surface area (Å²) in [5.41, 5.74) is 3.84. The number of ether oxygens (including phenoxy) is 1. The topological polar surface area (TPSA) is 54.4 Å². The fourth-order valence-corrected chi connectivity index (χ4v) is 3.79. The molecular weight excluding hydrogens is 357 g/mol. The average molecular weight is 377 g/mol. The van der Waals surface area contributed by atoms with Gasteiger partial charge in [0.15, 0.2) is 0 Å². The van der Waals surface area contributed by atoms with Gasteiger partial charge in [-0.2, -0.15) is 4.98 Å². The predicted molar refractivity (Wildman–Crippen MR) is 105 cm³/mol. The summed E-state index contributed by atoms with van der Waals surface area (Å²) in [5, 5.41) is 0. The van der Waals surface area contributed by atoms with E-state index in [0.29, 0.717) is 19.2 Å². The molecule has 4 heterocycles. The number of aromatic nitrogens is 3. The Morgan fingerprint density at radius 1 is 0.964 bits per heavy atom. The summed E-state index contributed by atoms with van der Waals surface area (Å²) in [6.45, 7) is 3.60. The Balaban J connectivity index is 1.65. The van der Waals surface area contributed by atoms with E-state index in [9.17, 15) is 4.39 Å². The molecule has 0 unspecified atom stereocenters. The number of halogens is 1. The maximum atomic E-state index is 13.8. The fourth-order valence-electron chi connectivity index (χ4n) is 3.79. The molecule has 1 fully saturated rings. The molecule has 0 radical (unpaired) electrons. The molecule has 6 nitrogen and oxygen atoms in total. The van der Waals surface area contributed by atoms with Crippen LogP contribution in [0.1, 0.15) is 5.56 Å². The van der Waals surface area contributed by atoms with Gasteiger partial charge in [-0.05, 0) is 36.8 Å². The van der Waals surface area contributed by atoms with Crippen LogP contribution in [0.4, 0.5) is 21.8 Å². The monoisotopic (exact) mass is 377 g/mol. The first-order valence-corrected chi connectivity index (χ1v) is 9.47. The van der Waals surface area contributed by atoms with E-state index < -0.39 is 0 Å². The van der Waals surface area contributed by atoms with Gasteiger partial charge in [-0.3, -0.25) is 4.98 Å². The van der Waals surface area contributed by atoms with Crippen LogP contribution >= 0.6 is 0 Å². The van der Waals surface area contributed by atoms with Gasteiger partial charge in [-0.25, -0.2) is 9.37 Å². The van der Waals surface area contributed by atoms with Gasteiger partial charge >= 0.3 is 0 Å². The van der Waals surface area contributed by atoms with Crippen molar-refractivity contribution in [1.82, 2.24) is 15.0 Å². The van der Waals surface area contributed by atoms with Crippen LogP contribution in [-0.2, 0) is 11.2 Å². The maximum Gasteiger partial charge on any atom is 0.228 e. The molecule has 0 N–H and O–H groups in total. The van der Waals surface area contributed by atoms with Crippen LogP contribution in [0.3, 0.4) is 0 Å². The first kappa shape index (κ1) is 17.1. The molecule has 0 saturated carbocycles. The summed E-state index contributed by atoms with van der Waals surface area (Å²) >= 11 is 0. The van der Waals surface area contributed by atoms with Crippen molar-refractivity contribution in [2.24, 2.45) is 0 Å². The van der Waals surface area contributed by atoms with Gasteiger partial charge < -0.3 is 14.5 Å². The number of benzene rings is 1. The Labute approximate surface area is 162 Å². The van der Waals surface area contributed by atoms with Crippen LogP contribution in [0.2, 0.25) is 0 Å². The maximum absolute atomic E-state index is 13.8. The number of pyridine rings is 1. The highest BCUT2D eigenvalue weighted by Crippen LogP contribution is 2.39. The Morgan fingerprint density at radius 2 is 1.79 bits per heavy atom. The van der Waals surface area contributed by atoms with Crippen LogP contribution in [-0.4, -0.2) is 47.8 Å². The number of anilines is 3. The van der Waals surface area contributed by atoms with E-state index in [4.69, 9.17) is 14.7 Å². The first-order chi connectivity index (χ1) is 13.8. The molecule has 0 aliphatic carbocycles. The van der Waals surface area contributed by atoms with E-state index in [0.717, 1.165) is 54.4 Å². The second kappa shape index (κ2) is 7.16. The Hall–Kier alpha value is -3.06. The Morgan fingerprint density at radius 3 is 2.57 bits per heavy atom. The highest BCUT2D eigenvalue weighted by molar-refractivity contribution is 5.76. The third-order valence-electron chi connectivity index (χ3n) is 5.18. The number of hydrogen-bond acceptors (Lipinski definition) is 6. The summed E-state index contributed by atoms with van der Waals surface area (Å²) in [6, 6.07) is 10.6. The van der Waals surface area contributed by atoms with Crippen molar-refractivity contribution < 1.29 is 9.13 Å². The number of rotatable bonds is 3. The number of nitrogens with zero attached hydrogens (tertiary/aromatic N) is 5. The molecule has 7 heteroatoms. The molecule has 0 bridgehead atoms. The minimum atomic E-state index is -0.247. The highest BCUT2D eigenvalue weighted by atomic mass is 19.1. The molecule has 0 amide bonds. The molecule has 0 atom stereocenters. The molecular formula is C21H20FN5O. The third-order valence-corrected chi connectivity index (χ3v) is 5.18. The summed E-state index contributed by atoms with van der Waals surface area (Å²) < 4.78 is 19.3. The van der Waals surface area contributed by atoms with Gasteiger partial charge in [0, 0.05) is 48.8 Å². The van der Waals surface area contributed by atoms with E-state index in [1.165, 1.54) is 6.07 Å². The van der Waals surface area contributed by atoms with Gasteiger partial charge in [0.1, 0.15) is 11.6 Å². The van der Waals surface area contributed by atoms with Crippen molar-refractivity contribution in [3.05, 3.63) is 60.2 Å². The second-order valence-corrected chi connectivity index (χ2v) is 6.89. The molecule has 0 spiro atoms. The van der Waals surface area contributed by atoms with Crippen molar-refractivity contribution in [1.29, 1.82) is 0 Å². The molecule has 1 saturated heterocycles. The number of hydrogen-bond donors (Lipinski definition) is 0. The minimum Gasteiger partial charge on any atom is -0.378 e. The standard InChI is InChI=1S/C21H20FN5O/c22-16-2-1-3-17(14-16)27-9-6-18-19(15-4-7-23-8-5-15)24-21(25-20(18)27)26-10-12-28-13-11-26/h1-5,7-8,14H,6,9-13H2. The third kappa shape index (κ3) is 3.07. The molecule has 142 valence electrons. The molecule has 1 aromatic carbocycles. The van der Waals surface area contributed by atoms with E-state index in [1.807, 2.05) is 18.2 Å². The molecule has 2 aliphatic rings. The SMILES string of the molecule is Fc1cccc(N2CCc3c(-c4ccncc4)nc(N4CCOCC4)nc32)c1. The first-order valence-electron chi connectivity index (χ1n) is 9.47. The van der Waals surface area contributed by atoms with E-state index in [-0.39, 0.29) is 5.82 Å². The molecule has 28 heavy (non-hydrogen) atoms. The molecule has 5 rings (SSSR count). The largest absolute Gasteiger partial charge is 0.378 e. The molecule has 3 aromatic rings. The number of morpholine rings is 1. The molecule has 2 aromatic heterocycles. The van der Waals surface area contributed by atoms with E-state index >= 15 is 0 Å². The van der Waals surface area contributed by atoms with Crippen LogP contribution in [0.25, 0.3) is 11.3 Å². The lowest BCUT2D eigenvalue weighted by Crippen LogP contribution is -2.37. The lowest BCUT2D eigenvalue weighted by atomic mass is 10.1. The number of fused-ring (bicyclic) bond motifs is 1. The fraction of sp³-hybridized carbons (Fsp3) is 0.286. The van der Waals surface area contributed by atoms with Gasteiger partial charge in [0.05, 0.1) is 18.9 Å². The summed E-state index contributed by atoms with van der Waals surface area (Å²) in [5.74, 6) is 1.30. The lowest BCUT2D eigenvalue weighted by Gasteiger charge is -2.28. The predicted octanol–water partition coefficient (Wildman–Crippen LogP) is 3.21. The van der Waals surface area contributed by atoms with Crippen molar-refractivity contribution in [2.75, 3.05) is 42.6 Å². The smallest absolute Gasteiger partial charge is 0.228 e. The van der Waals surface area contributed by atoms with Gasteiger partial charge in [0.25, 0.3) is 0 Å². The van der Waals surface area contributed by atoms with E-state index in [1.54, 1.807) is 24.5 Å². The normalized spacial score (nSPS) is 16.3. The summed E-state index contributed by atoms with van der Waals surface area (Å²) in [6.07, 6.45) is 4.36. The Kier molecular flexibility index (Phi) is 4.37. The lowest BCUT2D eigenvalue weighted by molar-refractivity contribution is 0.122. The van der Waals surface area contributed by atoms with Crippen molar-refractivity contribution in [3.8, 4) is 11.3 Å². The van der Waals surface area contributed by atoms with Crippen molar-refractivity contribution >= 4 is 17.5 Å². The van der Waals surface area contributed by atoms with Crippen LogP contribution in [0.5, 0.6) is 0 Å². The van der Waals surface area contributed by atoms with Crippen LogP contribution < -0.4 is 9.80 Å². The van der Waals surface area contributed by atoms with E-state index in [2.05, 4.69) is 14.8 Å². The summed E-state index contributed by atoms with van der Waals surface area (Å²) in [7, 11) is 0. The summed E-state index contributed by atoms with van der Waals surface area (Å²) in [4.78, 5) is 18.2. The second-order valence-electron chi connectivity index (χ2n) is 6.89. The zero-order chi connectivity index (χ0) is 18.9. The van der Waals surface area contributed by atoms with Crippen molar-refractivity contribution in [2.45, 2.75) is 6.42 Å². The van der Waals surface area contributed by atoms with Crippen molar-refractivity contribution in [3.63, 3.8) is 0 Å². The van der Waals surface area contributed by atoms with Gasteiger partial charge in [-0.15, -0.1) is 0 Å². The highest BCUT2D eigenvalue weighted by Gasteiger charge is 2.29. The van der Waals surface area contributed by atoms with Crippen LogP contribution in [0, 0.1) is 5.82 Å². The zero-order valence-electron chi connectivity index (χ0n) is 15.4. The average Bonchev–Trinajstić information content (AvgIpc) is 3.18.